The Labute approximate surface area is 195 Å². The van der Waals surface area contributed by atoms with Gasteiger partial charge in [0.1, 0.15) is 11.4 Å². The molecule has 2 N–H and O–H groups in total. The summed E-state index contributed by atoms with van der Waals surface area (Å²) in [5.41, 5.74) is 4.86. The number of anilines is 1. The summed E-state index contributed by atoms with van der Waals surface area (Å²) >= 11 is 0. The number of aliphatic hydroxyl groups is 2. The molecule has 0 radical (unpaired) electrons. The zero-order valence-electron chi connectivity index (χ0n) is 20.8. The summed E-state index contributed by atoms with van der Waals surface area (Å²) in [6, 6.07) is 3.53. The number of fused-ring (bicyclic) bond motifs is 4. The molecule has 6 rings (SSSR count). The van der Waals surface area contributed by atoms with E-state index in [1.807, 2.05) is 24.0 Å². The molecule has 2 aromatic rings. The maximum atomic E-state index is 14.9. The van der Waals surface area contributed by atoms with E-state index >= 15 is 0 Å². The van der Waals surface area contributed by atoms with Crippen molar-refractivity contribution in [3.05, 3.63) is 57.4 Å². The number of benzene rings is 2. The molecule has 0 aliphatic carbocycles. The number of halogens is 1. The molecular weight excluding hydrogens is 423 g/mol. The van der Waals surface area contributed by atoms with Crippen molar-refractivity contribution in [1.29, 1.82) is 0 Å². The lowest BCUT2D eigenvalue weighted by molar-refractivity contribution is -0.0311. The zero-order chi connectivity index (χ0) is 24.6. The van der Waals surface area contributed by atoms with E-state index in [1.165, 1.54) is 0 Å². The van der Waals surface area contributed by atoms with Gasteiger partial charge in [0, 0.05) is 41.8 Å². The van der Waals surface area contributed by atoms with Crippen LogP contribution in [-0.2, 0) is 22.5 Å². The third kappa shape index (κ3) is 2.99. The topological polar surface area (TPSA) is 65.4 Å². The van der Waals surface area contributed by atoms with Gasteiger partial charge in [0.05, 0.1) is 34.8 Å². The van der Waals surface area contributed by atoms with Crippen LogP contribution >= 0.6 is 0 Å². The van der Waals surface area contributed by atoms with E-state index in [-0.39, 0.29) is 25.6 Å². The van der Waals surface area contributed by atoms with Crippen molar-refractivity contribution in [3.8, 4) is 0 Å². The van der Waals surface area contributed by atoms with E-state index in [9.17, 15) is 14.6 Å². The number of rotatable bonds is 4. The molecule has 4 aliphatic rings. The van der Waals surface area contributed by atoms with E-state index in [2.05, 4.69) is 0 Å². The molecule has 33 heavy (non-hydrogen) atoms. The number of aliphatic hydroxyl groups excluding tert-OH is 1. The van der Waals surface area contributed by atoms with Crippen molar-refractivity contribution < 1.29 is 26.9 Å². The smallest absolute Gasteiger partial charge is 0.127 e. The summed E-state index contributed by atoms with van der Waals surface area (Å²) in [7, 11) is 0. The second kappa shape index (κ2) is 7.53. The van der Waals surface area contributed by atoms with Gasteiger partial charge < -0.3 is 19.8 Å². The number of hydroxylamine groups is 1. The summed E-state index contributed by atoms with van der Waals surface area (Å²) in [5.74, 6) is -0.249. The Hall–Kier alpha value is -2.45. The molecule has 0 fully saturated rings. The fourth-order valence-electron chi connectivity index (χ4n) is 5.62. The second-order valence-electron chi connectivity index (χ2n) is 9.15. The molecule has 2 aromatic carbocycles. The maximum absolute atomic E-state index is 14.9. The zero-order valence-corrected chi connectivity index (χ0v) is 18.8. The van der Waals surface area contributed by atoms with Crippen LogP contribution in [0.15, 0.2) is 29.4 Å². The molecule has 6 nitrogen and oxygen atoms in total. The number of ether oxygens (including phenoxy) is 1. The largest absolute Gasteiger partial charge is 0.394 e. The highest BCUT2D eigenvalue weighted by atomic mass is 19.1. The van der Waals surface area contributed by atoms with Crippen molar-refractivity contribution in [1.82, 2.24) is 4.90 Å². The minimum atomic E-state index is -1.49. The van der Waals surface area contributed by atoms with Gasteiger partial charge in [-0.15, -0.1) is 0 Å². The summed E-state index contributed by atoms with van der Waals surface area (Å²) in [6.45, 7) is 2.88. The van der Waals surface area contributed by atoms with E-state index in [0.29, 0.717) is 42.6 Å². The van der Waals surface area contributed by atoms with Gasteiger partial charge >= 0.3 is 0 Å². The quantitative estimate of drug-likeness (QED) is 0.740. The average Bonchev–Trinajstić information content (AvgIpc) is 3.22. The molecule has 0 aromatic heterocycles. The Morgan fingerprint density at radius 1 is 1.33 bits per heavy atom. The lowest BCUT2D eigenvalue weighted by Gasteiger charge is -2.39. The molecule has 4 aliphatic heterocycles. The SMILES string of the molecule is [2H]C1C2=C(C=C3c4cc5cc(F)c(C)c6c5c(c4CN31)N(OCCO)CC6)[C@@](O)(CC)C([2H])OC2. The van der Waals surface area contributed by atoms with Gasteiger partial charge in [-0.1, -0.05) is 6.92 Å². The van der Waals surface area contributed by atoms with Crippen LogP contribution in [0.1, 0.15) is 38.3 Å². The van der Waals surface area contributed by atoms with Crippen LogP contribution in [0.4, 0.5) is 10.1 Å². The van der Waals surface area contributed by atoms with Crippen LogP contribution < -0.4 is 5.06 Å². The minimum absolute atomic E-state index is 0.115. The highest BCUT2D eigenvalue weighted by Gasteiger charge is 2.41. The Morgan fingerprint density at radius 2 is 2.18 bits per heavy atom. The predicted octanol–water partition coefficient (Wildman–Crippen LogP) is 3.21. The minimum Gasteiger partial charge on any atom is -0.394 e. The van der Waals surface area contributed by atoms with Crippen molar-refractivity contribution in [3.63, 3.8) is 0 Å². The Bertz CT molecular complexity index is 1310. The van der Waals surface area contributed by atoms with E-state index in [0.717, 1.165) is 38.8 Å². The lowest BCUT2D eigenvalue weighted by atomic mass is 9.83. The molecule has 174 valence electrons. The summed E-state index contributed by atoms with van der Waals surface area (Å²) in [6.07, 6.45) is 2.82. The average molecular weight is 455 g/mol. The molecule has 0 saturated carbocycles. The first-order chi connectivity index (χ1) is 16.8. The predicted molar refractivity (Wildman–Crippen MR) is 124 cm³/mol. The van der Waals surface area contributed by atoms with Crippen LogP contribution in [0.3, 0.4) is 0 Å². The van der Waals surface area contributed by atoms with Crippen molar-refractivity contribution in [2.45, 2.75) is 38.8 Å². The van der Waals surface area contributed by atoms with Crippen LogP contribution in [0.25, 0.3) is 16.5 Å². The van der Waals surface area contributed by atoms with Gasteiger partial charge in [-0.05, 0) is 65.6 Å². The number of nitrogens with zero attached hydrogens (tertiary/aromatic N) is 2. The normalized spacial score (nSPS) is 28.9. The van der Waals surface area contributed by atoms with Crippen LogP contribution in [0.5, 0.6) is 0 Å². The molecule has 4 heterocycles. The molecule has 0 bridgehead atoms. The third-order valence-corrected chi connectivity index (χ3v) is 7.36. The summed E-state index contributed by atoms with van der Waals surface area (Å²) in [5, 5.41) is 24.2. The monoisotopic (exact) mass is 454 g/mol. The molecule has 3 atom stereocenters. The van der Waals surface area contributed by atoms with E-state index in [1.54, 1.807) is 18.1 Å². The standard InChI is InChI=1S/C26H29FN2O4/c1-3-26(31)14-32-13-17-11-28-12-20-19(23(28)10-21(17)26)8-16-9-22(27)15(2)18-4-5-29(33-7-6-30)25(20)24(16)18/h8-10,30-31H,3-7,11-14H2,1-2H3/t26-/m1/s1/i11D,14D/t11?,14?,26-. The van der Waals surface area contributed by atoms with Crippen LogP contribution in [0, 0.1) is 12.7 Å². The fraction of sp³-hybridized carbons (Fsp3) is 0.462. The molecule has 0 saturated heterocycles. The Kier molecular flexibility index (Phi) is 4.32. The summed E-state index contributed by atoms with van der Waals surface area (Å²) in [4.78, 5) is 7.89. The fourth-order valence-corrected chi connectivity index (χ4v) is 5.62. The Balaban J connectivity index is 1.60. The first kappa shape index (κ1) is 18.9. The van der Waals surface area contributed by atoms with Crippen molar-refractivity contribution in [2.75, 3.05) is 44.5 Å². The molecule has 7 heteroatoms. The Morgan fingerprint density at radius 3 is 2.97 bits per heavy atom. The van der Waals surface area contributed by atoms with Gasteiger partial charge in [-0.3, -0.25) is 9.90 Å². The van der Waals surface area contributed by atoms with Gasteiger partial charge in [0.15, 0.2) is 0 Å². The first-order valence-electron chi connectivity index (χ1n) is 12.6. The third-order valence-electron chi connectivity index (χ3n) is 7.36. The summed E-state index contributed by atoms with van der Waals surface area (Å²) < 4.78 is 37.8. The highest BCUT2D eigenvalue weighted by Crippen LogP contribution is 2.49. The maximum Gasteiger partial charge on any atom is 0.127 e. The van der Waals surface area contributed by atoms with Crippen LogP contribution in [0.2, 0.25) is 0 Å². The number of hydrogen-bond acceptors (Lipinski definition) is 6. The van der Waals surface area contributed by atoms with Crippen molar-refractivity contribution in [2.24, 2.45) is 0 Å². The van der Waals surface area contributed by atoms with E-state index < -0.39 is 18.7 Å². The second-order valence-corrected chi connectivity index (χ2v) is 9.15. The lowest BCUT2D eigenvalue weighted by Crippen LogP contribution is -2.43. The molecule has 2 unspecified atom stereocenters. The first-order valence-corrected chi connectivity index (χ1v) is 11.5. The molecule has 0 spiro atoms. The number of hydrogen-bond donors (Lipinski definition) is 2. The van der Waals surface area contributed by atoms with Gasteiger partial charge in [0.2, 0.25) is 0 Å². The van der Waals surface area contributed by atoms with Gasteiger partial charge in [-0.2, -0.15) is 0 Å². The van der Waals surface area contributed by atoms with E-state index in [4.69, 9.17) is 12.3 Å². The van der Waals surface area contributed by atoms with Crippen molar-refractivity contribution >= 4 is 22.2 Å². The highest BCUT2D eigenvalue weighted by molar-refractivity contribution is 6.03. The van der Waals surface area contributed by atoms with Crippen LogP contribution in [-0.4, -0.2) is 60.2 Å². The van der Waals surface area contributed by atoms with Gasteiger partial charge in [0.25, 0.3) is 0 Å². The molecule has 0 amide bonds. The van der Waals surface area contributed by atoms with Gasteiger partial charge in [-0.25, -0.2) is 4.39 Å². The molecular formula is C26H29FN2O4.